The van der Waals surface area contributed by atoms with Crippen molar-refractivity contribution >= 4 is 0 Å². The van der Waals surface area contributed by atoms with Crippen molar-refractivity contribution in [1.82, 2.24) is 0 Å². The zero-order valence-corrected chi connectivity index (χ0v) is 33.5. The summed E-state index contributed by atoms with van der Waals surface area (Å²) in [6.45, 7) is 27.4. The molecule has 9 heteroatoms. The van der Waals surface area contributed by atoms with E-state index in [1.54, 1.807) is 11.1 Å². The number of alkyl halides is 6. The van der Waals surface area contributed by atoms with Gasteiger partial charge in [0.05, 0.1) is 11.1 Å². The number of allylic oxidation sites excluding steroid dienone is 8. The number of halogens is 6. The summed E-state index contributed by atoms with van der Waals surface area (Å²) in [5.41, 5.74) is 5.92. The Morgan fingerprint density at radius 1 is 0.429 bits per heavy atom. The average molecular weight is 772 g/mol. The Balaban J connectivity index is 0.000000625. The molecule has 0 bridgehead atoms. The summed E-state index contributed by atoms with van der Waals surface area (Å²) in [7, 11) is 0. The molecule has 2 aromatic rings. The van der Waals surface area contributed by atoms with Crippen LogP contribution in [0.25, 0.3) is 0 Å². The third-order valence-corrected chi connectivity index (χ3v) is 7.79. The molecule has 0 radical (unpaired) electrons. The minimum atomic E-state index is -4.33. The molecule has 2 aliphatic rings. The Morgan fingerprint density at radius 3 is 0.816 bits per heavy atom. The number of phenols is 2. The summed E-state index contributed by atoms with van der Waals surface area (Å²) in [6, 6.07) is 7.33. The van der Waals surface area contributed by atoms with Crippen molar-refractivity contribution in [3.05, 3.63) is 106 Å². The first-order chi connectivity index (χ1) is 21.4. The van der Waals surface area contributed by atoms with Crippen LogP contribution in [0.4, 0.5) is 26.3 Å². The van der Waals surface area contributed by atoms with Gasteiger partial charge in [-0.3, -0.25) is 0 Å². The van der Waals surface area contributed by atoms with E-state index in [-0.39, 0.29) is 37.7 Å². The molecule has 2 aliphatic carbocycles. The number of hydrogen-bond acceptors (Lipinski definition) is 2. The number of rotatable bonds is 0. The maximum atomic E-state index is 11.8. The molecule has 0 saturated carbocycles. The molecule has 0 saturated heterocycles. The largest absolute Gasteiger partial charge is 0.508 e. The first-order valence-corrected chi connectivity index (χ1v) is 16.0. The van der Waals surface area contributed by atoms with Gasteiger partial charge < -0.3 is 10.2 Å². The van der Waals surface area contributed by atoms with Crippen molar-refractivity contribution in [1.29, 1.82) is 0 Å². The van der Waals surface area contributed by atoms with Crippen LogP contribution in [-0.2, 0) is 38.6 Å². The summed E-state index contributed by atoms with van der Waals surface area (Å²) < 4.78 is 71.0. The maximum absolute atomic E-state index is 11.8. The van der Waals surface area contributed by atoms with E-state index in [9.17, 15) is 26.3 Å². The van der Waals surface area contributed by atoms with Crippen molar-refractivity contribution in [2.24, 2.45) is 21.7 Å². The predicted octanol–water partition coefficient (Wildman–Crippen LogP) is 13.5. The van der Waals surface area contributed by atoms with Gasteiger partial charge in [0.25, 0.3) is 0 Å². The molecule has 0 atom stereocenters. The summed E-state index contributed by atoms with van der Waals surface area (Å²) >= 11 is 0. The molecule has 0 amide bonds. The van der Waals surface area contributed by atoms with Crippen LogP contribution in [0, 0.1) is 21.7 Å². The summed E-state index contributed by atoms with van der Waals surface area (Å²) in [4.78, 5) is 0. The van der Waals surface area contributed by atoms with Gasteiger partial charge in [0, 0.05) is 26.2 Å². The maximum Gasteiger partial charge on any atom is 0.416 e. The second-order valence-corrected chi connectivity index (χ2v) is 16.2. The summed E-state index contributed by atoms with van der Waals surface area (Å²) in [6.07, 6.45) is 3.18. The van der Waals surface area contributed by atoms with Crippen LogP contribution in [0.3, 0.4) is 0 Å². The van der Waals surface area contributed by atoms with Crippen LogP contribution in [-0.4, -0.2) is 10.2 Å². The number of hydrogen-bond donors (Lipinski definition) is 2. The zero-order chi connectivity index (χ0) is 37.5. The van der Waals surface area contributed by atoms with E-state index in [4.69, 9.17) is 10.2 Å². The molecule has 0 aromatic heterocycles. The molecule has 0 heterocycles. The van der Waals surface area contributed by atoms with E-state index in [2.05, 4.69) is 107 Å². The molecule has 2 nitrogen and oxygen atoms in total. The van der Waals surface area contributed by atoms with Crippen LogP contribution in [0.1, 0.15) is 107 Å². The van der Waals surface area contributed by atoms with Gasteiger partial charge in [0.1, 0.15) is 11.5 Å². The standard InChI is InChI=1S/2C13H22.2C7H5F3O.Zr/c2*1-12(2,3)10-7-8-11(9-10)13(4,5)6;2*8-7(9,10)5-1-3-6(11)4-2-5;/h2*7,9H,8H2,1-6H3;2*1-4,11H;. The molecule has 0 fully saturated rings. The molecule has 2 N–H and O–H groups in total. The zero-order valence-electron chi connectivity index (χ0n) is 31.0. The van der Waals surface area contributed by atoms with Crippen LogP contribution < -0.4 is 0 Å². The Bertz CT molecular complexity index is 1330. The normalized spacial score (nSPS) is 15.1. The van der Waals surface area contributed by atoms with Crippen LogP contribution >= 0.6 is 0 Å². The molecule has 49 heavy (non-hydrogen) atoms. The average Bonchev–Trinajstić information content (AvgIpc) is 3.60. The Morgan fingerprint density at radius 2 is 0.673 bits per heavy atom. The second-order valence-electron chi connectivity index (χ2n) is 16.2. The molecule has 272 valence electrons. The van der Waals surface area contributed by atoms with E-state index in [1.807, 2.05) is 0 Å². The third-order valence-electron chi connectivity index (χ3n) is 7.79. The predicted molar refractivity (Wildman–Crippen MR) is 186 cm³/mol. The Kier molecular flexibility index (Phi) is 16.7. The first kappa shape index (κ1) is 46.5. The number of benzene rings is 2. The van der Waals surface area contributed by atoms with Crippen molar-refractivity contribution in [3.8, 4) is 11.5 Å². The summed E-state index contributed by atoms with van der Waals surface area (Å²) in [5.74, 6) is -0.337. The van der Waals surface area contributed by atoms with Crippen molar-refractivity contribution in [2.45, 2.75) is 108 Å². The molecule has 0 aliphatic heterocycles. The van der Waals surface area contributed by atoms with E-state index in [0.717, 1.165) is 61.4 Å². The van der Waals surface area contributed by atoms with Gasteiger partial charge in [-0.1, -0.05) is 119 Å². The van der Waals surface area contributed by atoms with Crippen LogP contribution in [0.15, 0.2) is 95.1 Å². The van der Waals surface area contributed by atoms with Crippen molar-refractivity contribution in [2.75, 3.05) is 0 Å². The Labute approximate surface area is 309 Å². The molecular formula is C40H54F6O2Zr. The van der Waals surface area contributed by atoms with Crippen molar-refractivity contribution in [3.63, 3.8) is 0 Å². The van der Waals surface area contributed by atoms with Gasteiger partial charge >= 0.3 is 12.4 Å². The number of aromatic hydroxyl groups is 2. The van der Waals surface area contributed by atoms with E-state index < -0.39 is 23.5 Å². The van der Waals surface area contributed by atoms with Crippen molar-refractivity contribution < 1.29 is 62.8 Å². The fourth-order valence-electron chi connectivity index (χ4n) is 4.44. The molecular weight excluding hydrogens is 718 g/mol. The van der Waals surface area contributed by atoms with Crippen LogP contribution in [0.5, 0.6) is 11.5 Å². The quantitative estimate of drug-likeness (QED) is 0.262. The first-order valence-electron chi connectivity index (χ1n) is 16.0. The molecule has 0 unspecified atom stereocenters. The van der Waals surface area contributed by atoms with Gasteiger partial charge in [0.2, 0.25) is 0 Å². The number of phenolic OH excluding ortho intramolecular Hbond substituents is 2. The van der Waals surface area contributed by atoms with Gasteiger partial charge in [-0.05, 0) is 94.2 Å². The Hall–Kier alpha value is -2.54. The molecule has 2 aromatic carbocycles. The van der Waals surface area contributed by atoms with E-state index in [1.165, 1.54) is 11.1 Å². The topological polar surface area (TPSA) is 40.5 Å². The minimum Gasteiger partial charge on any atom is -0.508 e. The van der Waals surface area contributed by atoms with E-state index >= 15 is 0 Å². The van der Waals surface area contributed by atoms with Gasteiger partial charge in [-0.25, -0.2) is 0 Å². The molecule has 4 rings (SSSR count). The minimum absolute atomic E-state index is 0. The molecule has 0 spiro atoms. The smallest absolute Gasteiger partial charge is 0.416 e. The monoisotopic (exact) mass is 770 g/mol. The summed E-state index contributed by atoms with van der Waals surface area (Å²) in [5, 5.41) is 17.3. The third kappa shape index (κ3) is 16.8. The van der Waals surface area contributed by atoms with E-state index in [0.29, 0.717) is 21.7 Å². The van der Waals surface area contributed by atoms with Crippen LogP contribution in [0.2, 0.25) is 0 Å². The second kappa shape index (κ2) is 17.6. The SMILES string of the molecule is CC(C)(C)C1=CCC(C(C)(C)C)=C1.CC(C)(C)C1=CCC(C(C)(C)C)=C1.Oc1ccc(C(F)(F)F)cc1.Oc1ccc(C(F)(F)F)cc1.[Zr]. The van der Waals surface area contributed by atoms with Gasteiger partial charge in [0.15, 0.2) is 0 Å². The van der Waals surface area contributed by atoms with Gasteiger partial charge in [-0.15, -0.1) is 0 Å². The fourth-order valence-corrected chi connectivity index (χ4v) is 4.44. The van der Waals surface area contributed by atoms with Gasteiger partial charge in [-0.2, -0.15) is 26.3 Å². The fraction of sp³-hybridized carbons (Fsp3) is 0.500.